The van der Waals surface area contributed by atoms with Gasteiger partial charge in [-0.05, 0) is 51.0 Å². The predicted molar refractivity (Wildman–Crippen MR) is 88.5 cm³/mol. The lowest BCUT2D eigenvalue weighted by atomic mass is 9.92. The van der Waals surface area contributed by atoms with Crippen molar-refractivity contribution in [2.24, 2.45) is 10.3 Å². The van der Waals surface area contributed by atoms with E-state index < -0.39 is 0 Å². The number of rotatable bonds is 3. The maximum atomic E-state index is 9.51. The van der Waals surface area contributed by atoms with E-state index in [4.69, 9.17) is 0 Å². The fraction of sp³-hybridized carbons (Fsp3) is 0.222. The van der Waals surface area contributed by atoms with E-state index in [2.05, 4.69) is 10.3 Å². The molecule has 2 aromatic carbocycles. The third-order valence-electron chi connectivity index (χ3n) is 3.72. The number of benzene rings is 2. The Bertz CT molecular complexity index is 696. The third kappa shape index (κ3) is 3.01. The molecule has 0 amide bonds. The quantitative estimate of drug-likeness (QED) is 0.511. The lowest BCUT2D eigenvalue weighted by molar-refractivity contribution is 0.314. The zero-order valence-corrected chi connectivity index (χ0v) is 13.3. The van der Waals surface area contributed by atoms with Crippen LogP contribution in [0.1, 0.15) is 33.4 Å². The summed E-state index contributed by atoms with van der Waals surface area (Å²) in [6.45, 7) is 7.79. The van der Waals surface area contributed by atoms with Gasteiger partial charge < -0.3 is 10.4 Å². The average molecular weight is 296 g/mol. The second kappa shape index (κ2) is 6.43. The van der Waals surface area contributed by atoms with Crippen LogP contribution in [0.3, 0.4) is 0 Å². The second-order valence-corrected chi connectivity index (χ2v) is 5.53. The first-order valence-electron chi connectivity index (χ1n) is 7.07. The molecular formula is C18H20N2O2. The fourth-order valence-corrected chi connectivity index (χ4v) is 2.44. The highest BCUT2D eigenvalue weighted by Gasteiger charge is 2.19. The lowest BCUT2D eigenvalue weighted by Gasteiger charge is -2.13. The summed E-state index contributed by atoms with van der Waals surface area (Å²) in [7, 11) is 0. The van der Waals surface area contributed by atoms with Crippen molar-refractivity contribution in [2.45, 2.75) is 27.7 Å². The zero-order valence-electron chi connectivity index (χ0n) is 13.3. The van der Waals surface area contributed by atoms with Gasteiger partial charge in [-0.25, -0.2) is 0 Å². The Labute approximate surface area is 130 Å². The zero-order chi connectivity index (χ0) is 16.3. The normalized spacial score (nSPS) is 12.5. The predicted octanol–water partition coefficient (Wildman–Crippen LogP) is 3.98. The molecule has 0 bridgehead atoms. The standard InChI is InChI=1S/C18H20N2O2/c1-11-5-7-13(3)15(9-11)17(19-21)18(20-22)16-10-12(2)6-8-14(16)4/h5-10,21-22H,1-4H3. The van der Waals surface area contributed by atoms with Crippen LogP contribution in [0.2, 0.25) is 0 Å². The van der Waals surface area contributed by atoms with Gasteiger partial charge in [0, 0.05) is 11.1 Å². The molecule has 0 aliphatic rings. The van der Waals surface area contributed by atoms with E-state index in [0.29, 0.717) is 0 Å². The van der Waals surface area contributed by atoms with Crippen LogP contribution in [0.15, 0.2) is 46.7 Å². The van der Waals surface area contributed by atoms with Crippen molar-refractivity contribution < 1.29 is 10.4 Å². The third-order valence-corrected chi connectivity index (χ3v) is 3.72. The molecule has 0 aromatic heterocycles. The molecule has 22 heavy (non-hydrogen) atoms. The van der Waals surface area contributed by atoms with Crippen LogP contribution in [0.4, 0.5) is 0 Å². The van der Waals surface area contributed by atoms with Crippen LogP contribution < -0.4 is 0 Å². The summed E-state index contributed by atoms with van der Waals surface area (Å²) in [5.41, 5.74) is 6.00. The van der Waals surface area contributed by atoms with E-state index in [1.54, 1.807) is 0 Å². The monoisotopic (exact) mass is 296 g/mol. The number of oxime groups is 2. The molecule has 0 unspecified atom stereocenters. The van der Waals surface area contributed by atoms with E-state index >= 15 is 0 Å². The molecule has 2 aromatic rings. The van der Waals surface area contributed by atoms with Crippen molar-refractivity contribution in [2.75, 3.05) is 0 Å². The largest absolute Gasteiger partial charge is 0.410 e. The minimum Gasteiger partial charge on any atom is -0.410 e. The SMILES string of the molecule is Cc1ccc(C)c(C(=NO)C(=NO)c2cc(C)ccc2C)c1. The fourth-order valence-electron chi connectivity index (χ4n) is 2.44. The van der Waals surface area contributed by atoms with Gasteiger partial charge in [-0.1, -0.05) is 45.7 Å². The highest BCUT2D eigenvalue weighted by Crippen LogP contribution is 2.19. The van der Waals surface area contributed by atoms with E-state index in [9.17, 15) is 10.4 Å². The molecule has 0 saturated carbocycles. The van der Waals surface area contributed by atoms with Crippen LogP contribution in [-0.4, -0.2) is 21.8 Å². The van der Waals surface area contributed by atoms with Crippen LogP contribution in [0, 0.1) is 27.7 Å². The Morgan fingerprint density at radius 3 is 1.36 bits per heavy atom. The van der Waals surface area contributed by atoms with Gasteiger partial charge in [0.25, 0.3) is 0 Å². The van der Waals surface area contributed by atoms with Crippen LogP contribution >= 0.6 is 0 Å². The molecule has 114 valence electrons. The van der Waals surface area contributed by atoms with Gasteiger partial charge >= 0.3 is 0 Å². The Morgan fingerprint density at radius 1 is 0.682 bits per heavy atom. The maximum absolute atomic E-state index is 9.51. The summed E-state index contributed by atoms with van der Waals surface area (Å²) in [6, 6.07) is 11.7. The van der Waals surface area contributed by atoms with E-state index in [1.807, 2.05) is 64.1 Å². The summed E-state index contributed by atoms with van der Waals surface area (Å²) in [4.78, 5) is 0. The Hall–Kier alpha value is -2.62. The van der Waals surface area contributed by atoms with Gasteiger partial charge in [-0.15, -0.1) is 0 Å². The van der Waals surface area contributed by atoms with Gasteiger partial charge in [0.15, 0.2) is 0 Å². The topological polar surface area (TPSA) is 65.2 Å². The molecule has 0 heterocycles. The number of hydrogen-bond donors (Lipinski definition) is 2. The van der Waals surface area contributed by atoms with E-state index in [-0.39, 0.29) is 11.4 Å². The lowest BCUT2D eigenvalue weighted by Crippen LogP contribution is -2.20. The van der Waals surface area contributed by atoms with Gasteiger partial charge in [-0.2, -0.15) is 0 Å². The van der Waals surface area contributed by atoms with Crippen molar-refractivity contribution in [3.63, 3.8) is 0 Å². The van der Waals surface area contributed by atoms with Gasteiger partial charge in [-0.3, -0.25) is 0 Å². The van der Waals surface area contributed by atoms with Crippen molar-refractivity contribution in [3.8, 4) is 0 Å². The van der Waals surface area contributed by atoms with Crippen LogP contribution in [0.5, 0.6) is 0 Å². The highest BCUT2D eigenvalue weighted by molar-refractivity contribution is 6.53. The minimum atomic E-state index is 0.261. The molecule has 0 aliphatic heterocycles. The number of nitrogens with zero attached hydrogens (tertiary/aromatic N) is 2. The first kappa shape index (κ1) is 15.8. The molecule has 2 N–H and O–H groups in total. The number of aryl methyl sites for hydroxylation is 4. The summed E-state index contributed by atoms with van der Waals surface area (Å²) in [5.74, 6) is 0. The maximum Gasteiger partial charge on any atom is 0.139 e. The smallest absolute Gasteiger partial charge is 0.139 e. The van der Waals surface area contributed by atoms with Crippen LogP contribution in [-0.2, 0) is 0 Å². The molecular weight excluding hydrogens is 276 g/mol. The summed E-state index contributed by atoms with van der Waals surface area (Å²) in [5, 5.41) is 25.8. The van der Waals surface area contributed by atoms with Crippen molar-refractivity contribution in [3.05, 3.63) is 69.8 Å². The van der Waals surface area contributed by atoms with Crippen molar-refractivity contribution in [1.29, 1.82) is 0 Å². The molecule has 2 rings (SSSR count). The molecule has 0 radical (unpaired) electrons. The minimum absolute atomic E-state index is 0.261. The second-order valence-electron chi connectivity index (χ2n) is 5.53. The van der Waals surface area contributed by atoms with E-state index in [0.717, 1.165) is 33.4 Å². The van der Waals surface area contributed by atoms with Crippen LogP contribution in [0.25, 0.3) is 0 Å². The molecule has 0 atom stereocenters. The highest BCUT2D eigenvalue weighted by atomic mass is 16.4. The van der Waals surface area contributed by atoms with Crippen molar-refractivity contribution >= 4 is 11.4 Å². The molecule has 0 spiro atoms. The molecule has 4 nitrogen and oxygen atoms in total. The number of hydrogen-bond acceptors (Lipinski definition) is 4. The van der Waals surface area contributed by atoms with Crippen molar-refractivity contribution in [1.82, 2.24) is 0 Å². The van der Waals surface area contributed by atoms with Gasteiger partial charge in [0.1, 0.15) is 11.4 Å². The Kier molecular flexibility index (Phi) is 4.61. The van der Waals surface area contributed by atoms with Gasteiger partial charge in [0.05, 0.1) is 0 Å². The average Bonchev–Trinajstić information content (AvgIpc) is 2.50. The molecule has 0 aliphatic carbocycles. The molecule has 0 fully saturated rings. The summed E-state index contributed by atoms with van der Waals surface area (Å²) >= 11 is 0. The first-order valence-corrected chi connectivity index (χ1v) is 7.07. The summed E-state index contributed by atoms with van der Waals surface area (Å²) < 4.78 is 0. The first-order chi connectivity index (χ1) is 10.5. The van der Waals surface area contributed by atoms with Gasteiger partial charge in [0.2, 0.25) is 0 Å². The summed E-state index contributed by atoms with van der Waals surface area (Å²) in [6.07, 6.45) is 0. The molecule has 0 saturated heterocycles. The molecule has 4 heteroatoms. The Morgan fingerprint density at radius 2 is 1.05 bits per heavy atom. The Balaban J connectivity index is 2.63. The van der Waals surface area contributed by atoms with E-state index in [1.165, 1.54) is 0 Å².